The Morgan fingerprint density at radius 2 is 1.71 bits per heavy atom. The first-order chi connectivity index (χ1) is 7.90. The third-order valence-electron chi connectivity index (χ3n) is 2.95. The fourth-order valence-corrected chi connectivity index (χ4v) is 1.56. The van der Waals surface area contributed by atoms with Crippen LogP contribution in [0.25, 0.3) is 0 Å². The molecule has 0 aromatic heterocycles. The highest BCUT2D eigenvalue weighted by molar-refractivity contribution is 5.54. The van der Waals surface area contributed by atoms with Gasteiger partial charge < -0.3 is 10.1 Å². The first-order valence-corrected chi connectivity index (χ1v) is 6.44. The number of nitrogens with one attached hydrogen (secondary N) is 1. The fraction of sp³-hybridized carbons (Fsp3) is 0.600. The lowest BCUT2D eigenvalue weighted by molar-refractivity contribution is 0.242. The van der Waals surface area contributed by atoms with Crippen molar-refractivity contribution in [2.45, 2.75) is 53.7 Å². The number of hydrogen-bond donors (Lipinski definition) is 1. The maximum atomic E-state index is 5.67. The SMILES string of the molecule is Cc1cc(OC(C)C)ccc1NC(C)C(C)C. The van der Waals surface area contributed by atoms with Crippen LogP contribution >= 0.6 is 0 Å². The summed E-state index contributed by atoms with van der Waals surface area (Å²) in [5.41, 5.74) is 2.43. The molecule has 0 spiro atoms. The number of anilines is 1. The van der Waals surface area contributed by atoms with Gasteiger partial charge in [-0.3, -0.25) is 0 Å². The van der Waals surface area contributed by atoms with Crippen molar-refractivity contribution in [2.75, 3.05) is 5.32 Å². The van der Waals surface area contributed by atoms with Gasteiger partial charge in [0.25, 0.3) is 0 Å². The Bertz CT molecular complexity index is 358. The highest BCUT2D eigenvalue weighted by Gasteiger charge is 2.08. The zero-order valence-corrected chi connectivity index (χ0v) is 11.9. The summed E-state index contributed by atoms with van der Waals surface area (Å²) in [7, 11) is 0. The van der Waals surface area contributed by atoms with Gasteiger partial charge in [0.2, 0.25) is 0 Å². The quantitative estimate of drug-likeness (QED) is 0.824. The summed E-state index contributed by atoms with van der Waals surface area (Å²) in [6.07, 6.45) is 0.225. The van der Waals surface area contributed by atoms with Crippen LogP contribution in [0, 0.1) is 12.8 Å². The highest BCUT2D eigenvalue weighted by Crippen LogP contribution is 2.23. The molecule has 1 atom stereocenters. The van der Waals surface area contributed by atoms with Crippen molar-refractivity contribution in [3.8, 4) is 5.75 Å². The smallest absolute Gasteiger partial charge is 0.120 e. The van der Waals surface area contributed by atoms with Crippen molar-refractivity contribution in [1.82, 2.24) is 0 Å². The lowest BCUT2D eigenvalue weighted by atomic mass is 10.1. The van der Waals surface area contributed by atoms with Crippen LogP contribution in [0.4, 0.5) is 5.69 Å². The van der Waals surface area contributed by atoms with Crippen molar-refractivity contribution in [2.24, 2.45) is 5.92 Å². The number of hydrogen-bond acceptors (Lipinski definition) is 2. The number of rotatable bonds is 5. The Balaban J connectivity index is 2.76. The summed E-state index contributed by atoms with van der Waals surface area (Å²) in [6.45, 7) is 12.9. The van der Waals surface area contributed by atoms with Crippen LogP contribution in [0.1, 0.15) is 40.2 Å². The molecule has 0 aliphatic heterocycles. The van der Waals surface area contributed by atoms with Crippen LogP contribution in [0.5, 0.6) is 5.75 Å². The monoisotopic (exact) mass is 235 g/mol. The molecular formula is C15H25NO. The van der Waals surface area contributed by atoms with E-state index in [1.165, 1.54) is 11.3 Å². The molecule has 1 aromatic carbocycles. The molecule has 0 heterocycles. The predicted octanol–water partition coefficient (Wildman–Crippen LogP) is 4.24. The molecule has 2 heteroatoms. The van der Waals surface area contributed by atoms with Crippen molar-refractivity contribution in [3.63, 3.8) is 0 Å². The molecule has 0 saturated carbocycles. The molecule has 1 rings (SSSR count). The van der Waals surface area contributed by atoms with Crippen LogP contribution in [0.15, 0.2) is 18.2 Å². The maximum absolute atomic E-state index is 5.67. The Morgan fingerprint density at radius 1 is 1.06 bits per heavy atom. The molecule has 0 radical (unpaired) electrons. The Hall–Kier alpha value is -1.18. The van der Waals surface area contributed by atoms with Gasteiger partial charge in [0.15, 0.2) is 0 Å². The molecule has 1 N–H and O–H groups in total. The van der Waals surface area contributed by atoms with Gasteiger partial charge in [-0.25, -0.2) is 0 Å². The lowest BCUT2D eigenvalue weighted by Crippen LogP contribution is -2.21. The lowest BCUT2D eigenvalue weighted by Gasteiger charge is -2.21. The van der Waals surface area contributed by atoms with Gasteiger partial charge in [0.1, 0.15) is 5.75 Å². The molecule has 0 aliphatic rings. The second-order valence-electron chi connectivity index (χ2n) is 5.32. The van der Waals surface area contributed by atoms with E-state index in [0.717, 1.165) is 5.75 Å². The largest absolute Gasteiger partial charge is 0.491 e. The van der Waals surface area contributed by atoms with Gasteiger partial charge >= 0.3 is 0 Å². The molecule has 17 heavy (non-hydrogen) atoms. The van der Waals surface area contributed by atoms with E-state index >= 15 is 0 Å². The van der Waals surface area contributed by atoms with Crippen molar-refractivity contribution >= 4 is 5.69 Å². The third kappa shape index (κ3) is 4.29. The Morgan fingerprint density at radius 3 is 2.18 bits per heavy atom. The van der Waals surface area contributed by atoms with Crippen LogP contribution in [0.3, 0.4) is 0 Å². The molecule has 0 saturated heterocycles. The zero-order valence-electron chi connectivity index (χ0n) is 11.9. The Kier molecular flexibility index (Phi) is 4.86. The maximum Gasteiger partial charge on any atom is 0.120 e. The van der Waals surface area contributed by atoms with E-state index in [1.54, 1.807) is 0 Å². The van der Waals surface area contributed by atoms with E-state index in [1.807, 2.05) is 19.9 Å². The highest BCUT2D eigenvalue weighted by atomic mass is 16.5. The molecule has 0 aliphatic carbocycles. The first kappa shape index (κ1) is 13.9. The molecule has 0 amide bonds. The minimum absolute atomic E-state index is 0.225. The standard InChI is InChI=1S/C15H25NO/c1-10(2)13(6)16-15-8-7-14(9-12(15)5)17-11(3)4/h7-11,13,16H,1-6H3. The van der Waals surface area contributed by atoms with Gasteiger partial charge in [-0.15, -0.1) is 0 Å². The van der Waals surface area contributed by atoms with E-state index in [9.17, 15) is 0 Å². The van der Waals surface area contributed by atoms with Crippen molar-refractivity contribution < 1.29 is 4.74 Å². The molecule has 2 nitrogen and oxygen atoms in total. The van der Waals surface area contributed by atoms with Gasteiger partial charge in [-0.2, -0.15) is 0 Å². The Labute approximate surface area is 105 Å². The minimum Gasteiger partial charge on any atom is -0.491 e. The van der Waals surface area contributed by atoms with Crippen molar-refractivity contribution in [3.05, 3.63) is 23.8 Å². The van der Waals surface area contributed by atoms with E-state index < -0.39 is 0 Å². The van der Waals surface area contributed by atoms with Crippen molar-refractivity contribution in [1.29, 1.82) is 0 Å². The van der Waals surface area contributed by atoms with E-state index in [0.29, 0.717) is 12.0 Å². The summed E-state index contributed by atoms with van der Waals surface area (Å²) in [5, 5.41) is 3.53. The van der Waals surface area contributed by atoms with Crippen LogP contribution in [-0.4, -0.2) is 12.1 Å². The predicted molar refractivity (Wildman–Crippen MR) is 74.9 cm³/mol. The number of ether oxygens (including phenoxy) is 1. The topological polar surface area (TPSA) is 21.3 Å². The summed E-state index contributed by atoms with van der Waals surface area (Å²) in [5.74, 6) is 1.57. The number of benzene rings is 1. The third-order valence-corrected chi connectivity index (χ3v) is 2.95. The molecular weight excluding hydrogens is 210 g/mol. The summed E-state index contributed by atoms with van der Waals surface area (Å²) in [4.78, 5) is 0. The number of aryl methyl sites for hydroxylation is 1. The van der Waals surface area contributed by atoms with E-state index in [-0.39, 0.29) is 6.10 Å². The fourth-order valence-electron chi connectivity index (χ4n) is 1.56. The van der Waals surface area contributed by atoms with E-state index in [2.05, 4.69) is 45.1 Å². The van der Waals surface area contributed by atoms with Gasteiger partial charge in [0, 0.05) is 11.7 Å². The normalized spacial score (nSPS) is 12.9. The second-order valence-corrected chi connectivity index (χ2v) is 5.32. The van der Waals surface area contributed by atoms with Crippen LogP contribution in [-0.2, 0) is 0 Å². The molecule has 1 aromatic rings. The van der Waals surface area contributed by atoms with Gasteiger partial charge in [-0.05, 0) is 57.4 Å². The summed E-state index contributed by atoms with van der Waals surface area (Å²) >= 11 is 0. The molecule has 96 valence electrons. The average molecular weight is 235 g/mol. The second kappa shape index (κ2) is 5.95. The van der Waals surface area contributed by atoms with Gasteiger partial charge in [0.05, 0.1) is 6.10 Å². The zero-order chi connectivity index (χ0) is 13.0. The first-order valence-electron chi connectivity index (χ1n) is 6.44. The average Bonchev–Trinajstić information content (AvgIpc) is 2.20. The summed E-state index contributed by atoms with van der Waals surface area (Å²) < 4.78 is 5.67. The molecule has 0 bridgehead atoms. The van der Waals surface area contributed by atoms with Gasteiger partial charge in [-0.1, -0.05) is 13.8 Å². The van der Waals surface area contributed by atoms with Crippen LogP contribution in [0.2, 0.25) is 0 Å². The van der Waals surface area contributed by atoms with Crippen LogP contribution < -0.4 is 10.1 Å². The minimum atomic E-state index is 0.225. The molecule has 0 fully saturated rings. The summed E-state index contributed by atoms with van der Waals surface area (Å²) in [6, 6.07) is 6.70. The van der Waals surface area contributed by atoms with E-state index in [4.69, 9.17) is 4.74 Å². The molecule has 1 unspecified atom stereocenters.